The number of hydrogen-bond acceptors (Lipinski definition) is 3. The Balaban J connectivity index is 2.29. The zero-order chi connectivity index (χ0) is 14.9. The van der Waals surface area contributed by atoms with E-state index in [1.807, 2.05) is 12.1 Å². The molecule has 0 amide bonds. The summed E-state index contributed by atoms with van der Waals surface area (Å²) in [5.74, 6) is 0.465. The highest BCUT2D eigenvalue weighted by Crippen LogP contribution is 2.30. The predicted octanol–water partition coefficient (Wildman–Crippen LogP) is 3.99. The maximum atomic E-state index is 6.24. The lowest BCUT2D eigenvalue weighted by molar-refractivity contribution is 0.352. The summed E-state index contributed by atoms with van der Waals surface area (Å²) in [5, 5.41) is 3.14. The van der Waals surface area contributed by atoms with E-state index in [0.717, 1.165) is 11.3 Å². The van der Waals surface area contributed by atoms with Gasteiger partial charge < -0.3 is 11.2 Å². The van der Waals surface area contributed by atoms with Gasteiger partial charge in [0.05, 0.1) is 0 Å². The molecule has 0 saturated heterocycles. The molecule has 0 aromatic heterocycles. The Morgan fingerprint density at radius 1 is 1.25 bits per heavy atom. The van der Waals surface area contributed by atoms with Crippen LogP contribution in [0.4, 0.5) is 5.69 Å². The number of nitrogens with two attached hydrogens (primary N) is 1. The van der Waals surface area contributed by atoms with Gasteiger partial charge in [0.1, 0.15) is 0 Å². The number of rotatable bonds is 3. The number of anilines is 1. The first-order valence-electron chi connectivity index (χ1n) is 6.52. The van der Waals surface area contributed by atoms with E-state index in [2.05, 4.69) is 31.5 Å². The van der Waals surface area contributed by atoms with Gasteiger partial charge in [-0.15, -0.1) is 0 Å². The zero-order valence-electron chi connectivity index (χ0n) is 11.9. The minimum atomic E-state index is 0.465. The quantitative estimate of drug-likeness (QED) is 0.829. The molecular formula is C15H19Cl2N3. The van der Waals surface area contributed by atoms with Crippen molar-refractivity contribution in [2.75, 3.05) is 12.8 Å². The van der Waals surface area contributed by atoms with Crippen LogP contribution in [-0.2, 0) is 6.42 Å². The molecule has 0 bridgehead atoms. The Hall–Kier alpha value is -1.32. The molecule has 20 heavy (non-hydrogen) atoms. The number of benzene rings is 1. The van der Waals surface area contributed by atoms with Gasteiger partial charge >= 0.3 is 0 Å². The van der Waals surface area contributed by atoms with Crippen LogP contribution in [0.15, 0.2) is 35.7 Å². The van der Waals surface area contributed by atoms with Crippen LogP contribution in [0.25, 0.3) is 0 Å². The van der Waals surface area contributed by atoms with Crippen LogP contribution in [0.5, 0.6) is 0 Å². The molecule has 1 aliphatic heterocycles. The van der Waals surface area contributed by atoms with Gasteiger partial charge in [0.2, 0.25) is 0 Å². The first kappa shape index (κ1) is 15.1. The molecule has 2 rings (SSSR count). The standard InChI is InChI=1S/C15H19Cl2N3/c1-9(2)10-4-12(19-20(3)8-10)7-13-14(16)5-11(18)6-15(13)17/h4-6,8-9,19H,7,18H2,1-3H3. The van der Waals surface area contributed by atoms with Crippen molar-refractivity contribution in [3.05, 3.63) is 51.3 Å². The molecule has 0 unspecified atom stereocenters. The van der Waals surface area contributed by atoms with Gasteiger partial charge in [-0.05, 0) is 35.3 Å². The number of nitrogens with zero attached hydrogens (tertiary/aromatic N) is 1. The molecule has 1 aliphatic rings. The van der Waals surface area contributed by atoms with Crippen molar-refractivity contribution >= 4 is 28.9 Å². The maximum Gasteiger partial charge on any atom is 0.0477 e. The van der Waals surface area contributed by atoms with Gasteiger partial charge in [-0.25, -0.2) is 0 Å². The summed E-state index contributed by atoms with van der Waals surface area (Å²) in [7, 11) is 1.97. The number of nitrogens with one attached hydrogen (secondary N) is 1. The predicted molar refractivity (Wildman–Crippen MR) is 86.5 cm³/mol. The molecule has 1 heterocycles. The highest BCUT2D eigenvalue weighted by atomic mass is 35.5. The molecule has 0 fully saturated rings. The van der Waals surface area contributed by atoms with E-state index < -0.39 is 0 Å². The van der Waals surface area contributed by atoms with Crippen LogP contribution in [0.1, 0.15) is 19.4 Å². The third-order valence-corrected chi connectivity index (χ3v) is 3.88. The van der Waals surface area contributed by atoms with Crippen LogP contribution in [0.2, 0.25) is 10.0 Å². The Morgan fingerprint density at radius 3 is 2.40 bits per heavy atom. The van der Waals surface area contributed by atoms with Gasteiger partial charge in [-0.1, -0.05) is 37.0 Å². The fraction of sp³-hybridized carbons (Fsp3) is 0.333. The molecule has 0 saturated carbocycles. The third-order valence-electron chi connectivity index (χ3n) is 3.20. The lowest BCUT2D eigenvalue weighted by atomic mass is 10.00. The third kappa shape index (κ3) is 3.41. The summed E-state index contributed by atoms with van der Waals surface area (Å²) in [4.78, 5) is 0. The van der Waals surface area contributed by atoms with E-state index >= 15 is 0 Å². The summed E-state index contributed by atoms with van der Waals surface area (Å²) in [6.07, 6.45) is 4.88. The maximum absolute atomic E-state index is 6.24. The number of hydrazine groups is 1. The summed E-state index contributed by atoms with van der Waals surface area (Å²) < 4.78 is 0. The molecule has 3 nitrogen and oxygen atoms in total. The lowest BCUT2D eigenvalue weighted by Crippen LogP contribution is -2.33. The Kier molecular flexibility index (Phi) is 4.51. The number of halogens is 2. The summed E-state index contributed by atoms with van der Waals surface area (Å²) in [5.41, 5.74) is 12.8. The van der Waals surface area contributed by atoms with Crippen molar-refractivity contribution in [2.24, 2.45) is 5.92 Å². The van der Waals surface area contributed by atoms with E-state index in [4.69, 9.17) is 28.9 Å². The fourth-order valence-corrected chi connectivity index (χ4v) is 2.78. The van der Waals surface area contributed by atoms with E-state index in [1.54, 1.807) is 12.1 Å². The van der Waals surface area contributed by atoms with Crippen molar-refractivity contribution in [3.63, 3.8) is 0 Å². The Morgan fingerprint density at radius 2 is 1.85 bits per heavy atom. The van der Waals surface area contributed by atoms with E-state index in [0.29, 0.717) is 28.1 Å². The average Bonchev–Trinajstić information content (AvgIpc) is 2.33. The molecule has 0 radical (unpaired) electrons. The molecule has 1 aromatic rings. The molecule has 0 aliphatic carbocycles. The fourth-order valence-electron chi connectivity index (χ4n) is 2.14. The first-order valence-corrected chi connectivity index (χ1v) is 7.27. The minimum absolute atomic E-state index is 0.465. The molecule has 3 N–H and O–H groups in total. The average molecular weight is 312 g/mol. The second-order valence-electron chi connectivity index (χ2n) is 5.32. The topological polar surface area (TPSA) is 41.3 Å². The van der Waals surface area contributed by atoms with Crippen molar-refractivity contribution in [1.82, 2.24) is 10.4 Å². The molecule has 108 valence electrons. The smallest absolute Gasteiger partial charge is 0.0477 e. The van der Waals surface area contributed by atoms with Gasteiger partial charge in [0, 0.05) is 41.1 Å². The largest absolute Gasteiger partial charge is 0.399 e. The second-order valence-corrected chi connectivity index (χ2v) is 6.13. The monoisotopic (exact) mass is 311 g/mol. The highest BCUT2D eigenvalue weighted by molar-refractivity contribution is 6.36. The van der Waals surface area contributed by atoms with Gasteiger partial charge in [0.15, 0.2) is 0 Å². The second kappa shape index (κ2) is 5.98. The number of hydrogen-bond donors (Lipinski definition) is 2. The van der Waals surface area contributed by atoms with Crippen LogP contribution in [0.3, 0.4) is 0 Å². The van der Waals surface area contributed by atoms with E-state index in [1.165, 1.54) is 5.57 Å². The van der Waals surface area contributed by atoms with Crippen LogP contribution in [0, 0.1) is 5.92 Å². The van der Waals surface area contributed by atoms with Crippen molar-refractivity contribution < 1.29 is 0 Å². The Bertz CT molecular complexity index is 553. The van der Waals surface area contributed by atoms with Gasteiger partial charge in [0.25, 0.3) is 0 Å². The summed E-state index contributed by atoms with van der Waals surface area (Å²) in [6.45, 7) is 4.34. The van der Waals surface area contributed by atoms with Crippen LogP contribution < -0.4 is 11.2 Å². The van der Waals surface area contributed by atoms with Gasteiger partial charge in [-0.3, -0.25) is 5.01 Å². The number of allylic oxidation sites excluding steroid dienone is 3. The molecular weight excluding hydrogens is 293 g/mol. The summed E-state index contributed by atoms with van der Waals surface area (Å²) >= 11 is 12.5. The summed E-state index contributed by atoms with van der Waals surface area (Å²) in [6, 6.07) is 3.46. The highest BCUT2D eigenvalue weighted by Gasteiger charge is 2.15. The zero-order valence-corrected chi connectivity index (χ0v) is 13.4. The molecule has 0 atom stereocenters. The van der Waals surface area contributed by atoms with E-state index in [-0.39, 0.29) is 0 Å². The van der Waals surface area contributed by atoms with Crippen molar-refractivity contribution in [2.45, 2.75) is 20.3 Å². The van der Waals surface area contributed by atoms with Gasteiger partial charge in [-0.2, -0.15) is 0 Å². The van der Waals surface area contributed by atoms with Crippen LogP contribution >= 0.6 is 23.2 Å². The molecule has 5 heteroatoms. The van der Waals surface area contributed by atoms with Crippen LogP contribution in [-0.4, -0.2) is 12.1 Å². The number of nitrogen functional groups attached to an aromatic ring is 1. The lowest BCUT2D eigenvalue weighted by Gasteiger charge is -2.27. The SMILES string of the molecule is CC(C)C1=CN(C)NC(Cc2c(Cl)cc(N)cc2Cl)=C1. The van der Waals surface area contributed by atoms with Crippen molar-refractivity contribution in [3.8, 4) is 0 Å². The minimum Gasteiger partial charge on any atom is -0.399 e. The molecule has 1 aromatic carbocycles. The Labute approximate surface area is 130 Å². The normalized spacial score (nSPS) is 15.0. The van der Waals surface area contributed by atoms with E-state index in [9.17, 15) is 0 Å². The van der Waals surface area contributed by atoms with Crippen molar-refractivity contribution in [1.29, 1.82) is 0 Å². The first-order chi connectivity index (χ1) is 9.36. The molecule has 0 spiro atoms.